The molecule has 0 saturated carbocycles. The molecule has 0 spiro atoms. The van der Waals surface area contributed by atoms with E-state index in [4.69, 9.17) is 4.74 Å². The Bertz CT molecular complexity index is 1410. The van der Waals surface area contributed by atoms with Gasteiger partial charge in [0.05, 0.1) is 10.6 Å². The molecule has 37 heavy (non-hydrogen) atoms. The number of ether oxygens (including phenoxy) is 1. The van der Waals surface area contributed by atoms with Gasteiger partial charge in [0, 0.05) is 36.8 Å². The van der Waals surface area contributed by atoms with Crippen LogP contribution < -0.4 is 10.1 Å². The summed E-state index contributed by atoms with van der Waals surface area (Å²) in [6.45, 7) is 6.14. The minimum absolute atomic E-state index is 0.0787. The number of nitrogens with one attached hydrogen (secondary N) is 1. The zero-order valence-electron chi connectivity index (χ0n) is 20.9. The van der Waals surface area contributed by atoms with Gasteiger partial charge in [-0.2, -0.15) is 14.1 Å². The summed E-state index contributed by atoms with van der Waals surface area (Å²) in [7, 11) is -4.07. The van der Waals surface area contributed by atoms with Crippen LogP contribution in [0.1, 0.15) is 49.2 Å². The van der Waals surface area contributed by atoms with Crippen molar-refractivity contribution in [3.63, 3.8) is 0 Å². The van der Waals surface area contributed by atoms with Crippen LogP contribution in [0.2, 0.25) is 0 Å². The molecule has 1 fully saturated rings. The molecule has 0 radical (unpaired) electrons. The molecule has 1 N–H and O–H groups in total. The Balaban J connectivity index is 1.85. The number of nitro benzene ring substituents is 1. The maximum absolute atomic E-state index is 13.5. The first-order chi connectivity index (χ1) is 17.6. The van der Waals surface area contributed by atoms with Gasteiger partial charge in [0.15, 0.2) is 5.69 Å². The maximum Gasteiger partial charge on any atom is 0.272 e. The van der Waals surface area contributed by atoms with E-state index in [0.29, 0.717) is 37.2 Å². The lowest BCUT2D eigenvalue weighted by Crippen LogP contribution is -2.32. The lowest BCUT2D eigenvalue weighted by atomic mass is 10.2. The monoisotopic (exact) mass is 527 g/mol. The maximum atomic E-state index is 13.5. The molecular formula is C25H29N5O6S. The summed E-state index contributed by atoms with van der Waals surface area (Å²) in [6.07, 6.45) is 2.14. The number of para-hydroxylation sites is 1. The van der Waals surface area contributed by atoms with E-state index < -0.39 is 14.9 Å². The van der Waals surface area contributed by atoms with Gasteiger partial charge in [0.25, 0.3) is 11.6 Å². The van der Waals surface area contributed by atoms with Crippen molar-refractivity contribution in [2.75, 3.05) is 13.1 Å². The van der Waals surface area contributed by atoms with Crippen LogP contribution in [0.3, 0.4) is 0 Å². The lowest BCUT2D eigenvalue weighted by molar-refractivity contribution is -0.385. The van der Waals surface area contributed by atoms with Gasteiger partial charge in [0.1, 0.15) is 10.6 Å². The average molecular weight is 528 g/mol. The Morgan fingerprint density at radius 3 is 2.49 bits per heavy atom. The molecule has 1 saturated heterocycles. The molecule has 1 aromatic heterocycles. The van der Waals surface area contributed by atoms with Gasteiger partial charge in [0.2, 0.25) is 15.9 Å². The van der Waals surface area contributed by atoms with E-state index in [2.05, 4.69) is 10.4 Å². The van der Waals surface area contributed by atoms with Crippen LogP contribution >= 0.6 is 0 Å². The smallest absolute Gasteiger partial charge is 0.272 e. The normalized spacial score (nSPS) is 14.9. The number of amides is 1. The fourth-order valence-corrected chi connectivity index (χ4v) is 5.67. The fourth-order valence-electron chi connectivity index (χ4n) is 4.02. The van der Waals surface area contributed by atoms with Crippen molar-refractivity contribution in [2.24, 2.45) is 0 Å². The van der Waals surface area contributed by atoms with Crippen molar-refractivity contribution in [2.45, 2.75) is 51.0 Å². The topological polar surface area (TPSA) is 137 Å². The van der Waals surface area contributed by atoms with E-state index >= 15 is 0 Å². The first-order valence-corrected chi connectivity index (χ1v) is 13.5. The second kappa shape index (κ2) is 10.7. The SMILES string of the molecule is CC[C@@H](C)NC(=O)c1nn(-c2ccccc2)c(Oc2ccc([N+](=O)[O-])cc2S(=O)(=O)N2CCCC2)c1C. The second-order valence-corrected chi connectivity index (χ2v) is 10.8. The molecule has 0 unspecified atom stereocenters. The molecule has 1 aliphatic heterocycles. The Morgan fingerprint density at radius 1 is 1.19 bits per heavy atom. The number of sulfonamides is 1. The molecule has 12 heteroatoms. The van der Waals surface area contributed by atoms with Crippen molar-refractivity contribution in [3.8, 4) is 17.3 Å². The molecule has 4 rings (SSSR count). The van der Waals surface area contributed by atoms with Gasteiger partial charge in [-0.1, -0.05) is 25.1 Å². The molecule has 2 aromatic carbocycles. The molecular weight excluding hydrogens is 498 g/mol. The molecule has 0 aliphatic carbocycles. The highest BCUT2D eigenvalue weighted by atomic mass is 32.2. The highest BCUT2D eigenvalue weighted by Crippen LogP contribution is 2.37. The summed E-state index contributed by atoms with van der Waals surface area (Å²) >= 11 is 0. The van der Waals surface area contributed by atoms with Crippen LogP contribution in [0.5, 0.6) is 11.6 Å². The highest BCUT2D eigenvalue weighted by Gasteiger charge is 2.33. The molecule has 1 aliphatic rings. The fraction of sp³-hybridized carbons (Fsp3) is 0.360. The summed E-state index contributed by atoms with van der Waals surface area (Å²) in [5.41, 5.74) is 0.749. The number of nitro groups is 1. The zero-order valence-corrected chi connectivity index (χ0v) is 21.7. The number of rotatable bonds is 9. The molecule has 2 heterocycles. The van der Waals surface area contributed by atoms with Crippen LogP contribution in [0.4, 0.5) is 5.69 Å². The summed E-state index contributed by atoms with van der Waals surface area (Å²) in [5.74, 6) is -0.348. The van der Waals surface area contributed by atoms with Crippen molar-refractivity contribution in [3.05, 3.63) is 69.9 Å². The summed E-state index contributed by atoms with van der Waals surface area (Å²) in [5, 5.41) is 18.8. The highest BCUT2D eigenvalue weighted by molar-refractivity contribution is 7.89. The molecule has 1 amide bonds. The minimum Gasteiger partial charge on any atom is -0.437 e. The van der Waals surface area contributed by atoms with Crippen LogP contribution in [-0.4, -0.2) is 52.5 Å². The van der Waals surface area contributed by atoms with Crippen LogP contribution in [0, 0.1) is 17.0 Å². The van der Waals surface area contributed by atoms with E-state index in [1.54, 1.807) is 31.2 Å². The van der Waals surface area contributed by atoms with Crippen molar-refractivity contribution < 1.29 is 22.9 Å². The minimum atomic E-state index is -4.07. The van der Waals surface area contributed by atoms with E-state index in [0.717, 1.165) is 12.5 Å². The van der Waals surface area contributed by atoms with Gasteiger partial charge < -0.3 is 10.1 Å². The number of carbonyl (C=O) groups is 1. The number of carbonyl (C=O) groups excluding carboxylic acids is 1. The van der Waals surface area contributed by atoms with E-state index in [9.17, 15) is 23.3 Å². The third-order valence-corrected chi connectivity index (χ3v) is 8.22. The number of benzene rings is 2. The quantitative estimate of drug-likeness (QED) is 0.325. The van der Waals surface area contributed by atoms with Crippen molar-refractivity contribution >= 4 is 21.6 Å². The van der Waals surface area contributed by atoms with Crippen molar-refractivity contribution in [1.29, 1.82) is 0 Å². The Hall–Kier alpha value is -3.77. The van der Waals surface area contributed by atoms with Gasteiger partial charge in [-0.15, -0.1) is 0 Å². The Morgan fingerprint density at radius 2 is 1.86 bits per heavy atom. The number of aromatic nitrogens is 2. The predicted molar refractivity (Wildman–Crippen MR) is 137 cm³/mol. The largest absolute Gasteiger partial charge is 0.437 e. The number of hydrogen-bond donors (Lipinski definition) is 1. The van der Waals surface area contributed by atoms with Crippen molar-refractivity contribution in [1.82, 2.24) is 19.4 Å². The average Bonchev–Trinajstić information content (AvgIpc) is 3.54. The zero-order chi connectivity index (χ0) is 26.7. The van der Waals surface area contributed by atoms with E-state index in [-0.39, 0.29) is 39.9 Å². The summed E-state index contributed by atoms with van der Waals surface area (Å²) in [4.78, 5) is 23.5. The number of hydrogen-bond acceptors (Lipinski definition) is 7. The molecule has 196 valence electrons. The first kappa shape index (κ1) is 26.3. The van der Waals surface area contributed by atoms with Crippen LogP contribution in [0.15, 0.2) is 53.4 Å². The van der Waals surface area contributed by atoms with Gasteiger partial charge in [-0.3, -0.25) is 14.9 Å². The van der Waals surface area contributed by atoms with Gasteiger partial charge in [-0.05, 0) is 51.3 Å². The summed E-state index contributed by atoms with van der Waals surface area (Å²) < 4.78 is 35.8. The molecule has 1 atom stereocenters. The van der Waals surface area contributed by atoms with Gasteiger partial charge >= 0.3 is 0 Å². The summed E-state index contributed by atoms with van der Waals surface area (Å²) in [6, 6.07) is 12.3. The van der Waals surface area contributed by atoms with E-state index in [1.807, 2.05) is 19.9 Å². The second-order valence-electron chi connectivity index (χ2n) is 8.91. The predicted octanol–water partition coefficient (Wildman–Crippen LogP) is 4.19. The molecule has 11 nitrogen and oxygen atoms in total. The molecule has 3 aromatic rings. The third kappa shape index (κ3) is 5.35. The standard InChI is InChI=1S/C25H29N5O6S/c1-4-17(2)26-24(31)23-18(3)25(29(27-23)19-10-6-5-7-11-19)36-21-13-12-20(30(32)33)16-22(21)37(34,35)28-14-8-9-15-28/h5-7,10-13,16-17H,4,8-9,14-15H2,1-3H3,(H,26,31)/t17-/m1/s1. The number of nitrogens with zero attached hydrogens (tertiary/aromatic N) is 4. The molecule has 0 bridgehead atoms. The van der Waals surface area contributed by atoms with Crippen LogP contribution in [-0.2, 0) is 10.0 Å². The van der Waals surface area contributed by atoms with Crippen LogP contribution in [0.25, 0.3) is 5.69 Å². The third-order valence-electron chi connectivity index (χ3n) is 6.30. The Labute approximate surface area is 215 Å². The van der Waals surface area contributed by atoms with E-state index in [1.165, 1.54) is 21.1 Å². The number of non-ortho nitro benzene ring substituents is 1. The van der Waals surface area contributed by atoms with Gasteiger partial charge in [-0.25, -0.2) is 8.42 Å². The first-order valence-electron chi connectivity index (χ1n) is 12.1. The lowest BCUT2D eigenvalue weighted by Gasteiger charge is -2.18. The Kier molecular flexibility index (Phi) is 7.60.